The standard InChI is InChI=1S/C20H25ClN4O3/c1-28-10-9-25-20(27)12-18(13-22-25)24-8-2-3-15(14-24)11-19(26)23-17-6-4-16(21)5-7-17/h4-7,12-13,15H,2-3,8-11,14H2,1H3,(H,23,26). The number of hydrogen-bond acceptors (Lipinski definition) is 5. The molecular formula is C20H25ClN4O3. The van der Waals surface area contributed by atoms with Crippen LogP contribution in [-0.4, -0.2) is 42.5 Å². The molecule has 150 valence electrons. The zero-order valence-corrected chi connectivity index (χ0v) is 16.7. The van der Waals surface area contributed by atoms with Crippen LogP contribution in [0.5, 0.6) is 0 Å². The summed E-state index contributed by atoms with van der Waals surface area (Å²) in [6.07, 6.45) is 4.12. The van der Waals surface area contributed by atoms with Crippen LogP contribution in [0.3, 0.4) is 0 Å². The molecular weight excluding hydrogens is 380 g/mol. The Morgan fingerprint density at radius 3 is 2.86 bits per heavy atom. The fraction of sp³-hybridized carbons (Fsp3) is 0.450. The predicted molar refractivity (Wildman–Crippen MR) is 110 cm³/mol. The minimum absolute atomic E-state index is 0.0118. The van der Waals surface area contributed by atoms with Gasteiger partial charge in [-0.05, 0) is 43.0 Å². The van der Waals surface area contributed by atoms with Gasteiger partial charge in [-0.3, -0.25) is 9.59 Å². The van der Waals surface area contributed by atoms with E-state index in [1.807, 2.05) is 0 Å². The van der Waals surface area contributed by atoms with E-state index in [9.17, 15) is 9.59 Å². The van der Waals surface area contributed by atoms with Crippen molar-refractivity contribution < 1.29 is 9.53 Å². The number of nitrogens with zero attached hydrogens (tertiary/aromatic N) is 3. The Balaban J connectivity index is 1.57. The van der Waals surface area contributed by atoms with Gasteiger partial charge in [0.1, 0.15) is 0 Å². The van der Waals surface area contributed by atoms with Crippen molar-refractivity contribution in [1.29, 1.82) is 0 Å². The molecule has 0 aliphatic carbocycles. The van der Waals surface area contributed by atoms with Gasteiger partial charge < -0.3 is 15.0 Å². The van der Waals surface area contributed by atoms with E-state index in [-0.39, 0.29) is 17.4 Å². The lowest BCUT2D eigenvalue weighted by Gasteiger charge is -2.34. The quantitative estimate of drug-likeness (QED) is 0.767. The molecule has 1 saturated heterocycles. The first-order valence-electron chi connectivity index (χ1n) is 9.41. The average molecular weight is 405 g/mol. The third-order valence-corrected chi connectivity index (χ3v) is 5.10. The predicted octanol–water partition coefficient (Wildman–Crippen LogP) is 2.79. The molecule has 0 radical (unpaired) electrons. The monoisotopic (exact) mass is 404 g/mol. The van der Waals surface area contributed by atoms with Gasteiger partial charge in [-0.2, -0.15) is 5.10 Å². The van der Waals surface area contributed by atoms with Crippen molar-refractivity contribution in [3.05, 3.63) is 51.9 Å². The zero-order valence-electron chi connectivity index (χ0n) is 15.9. The molecule has 2 heterocycles. The minimum atomic E-state index is -0.142. The number of halogens is 1. The molecule has 1 unspecified atom stereocenters. The van der Waals surface area contributed by atoms with E-state index in [1.54, 1.807) is 43.6 Å². The Morgan fingerprint density at radius 2 is 2.14 bits per heavy atom. The van der Waals surface area contributed by atoms with Crippen LogP contribution in [0, 0.1) is 5.92 Å². The molecule has 0 bridgehead atoms. The fourth-order valence-corrected chi connectivity index (χ4v) is 3.54. The van der Waals surface area contributed by atoms with Crippen molar-refractivity contribution in [2.24, 2.45) is 5.92 Å². The number of hydrogen-bond donors (Lipinski definition) is 1. The van der Waals surface area contributed by atoms with Crippen LogP contribution < -0.4 is 15.8 Å². The highest BCUT2D eigenvalue weighted by atomic mass is 35.5. The normalized spacial score (nSPS) is 16.8. The maximum atomic E-state index is 12.4. The van der Waals surface area contributed by atoms with Gasteiger partial charge in [0.25, 0.3) is 5.56 Å². The number of piperidine rings is 1. The number of carbonyl (C=O) groups excluding carboxylic acids is 1. The van der Waals surface area contributed by atoms with Crippen molar-refractivity contribution in [2.45, 2.75) is 25.8 Å². The van der Waals surface area contributed by atoms with E-state index < -0.39 is 0 Å². The molecule has 1 aromatic carbocycles. The summed E-state index contributed by atoms with van der Waals surface area (Å²) in [5, 5.41) is 7.78. The first-order chi connectivity index (χ1) is 13.5. The second-order valence-corrected chi connectivity index (χ2v) is 7.42. The lowest BCUT2D eigenvalue weighted by molar-refractivity contribution is -0.117. The molecule has 2 aromatic rings. The van der Waals surface area contributed by atoms with Gasteiger partial charge in [-0.25, -0.2) is 4.68 Å². The summed E-state index contributed by atoms with van der Waals surface area (Å²) in [6.45, 7) is 2.47. The van der Waals surface area contributed by atoms with Gasteiger partial charge in [0.05, 0.1) is 25.0 Å². The lowest BCUT2D eigenvalue weighted by Crippen LogP contribution is -2.38. The van der Waals surface area contributed by atoms with Crippen molar-refractivity contribution in [1.82, 2.24) is 9.78 Å². The van der Waals surface area contributed by atoms with Crippen molar-refractivity contribution >= 4 is 28.9 Å². The van der Waals surface area contributed by atoms with Gasteiger partial charge in [0.2, 0.25) is 5.91 Å². The number of anilines is 2. The summed E-state index contributed by atoms with van der Waals surface area (Å²) >= 11 is 5.87. The molecule has 1 amide bonds. The first-order valence-corrected chi connectivity index (χ1v) is 9.79. The molecule has 0 saturated carbocycles. The topological polar surface area (TPSA) is 76.5 Å². The van der Waals surface area contributed by atoms with Crippen molar-refractivity contribution in [2.75, 3.05) is 37.0 Å². The molecule has 1 atom stereocenters. The Hall–Kier alpha value is -2.38. The van der Waals surface area contributed by atoms with Gasteiger partial charge in [-0.15, -0.1) is 0 Å². The summed E-state index contributed by atoms with van der Waals surface area (Å²) in [5.74, 6) is 0.222. The second kappa shape index (κ2) is 9.71. The highest BCUT2D eigenvalue weighted by Gasteiger charge is 2.23. The summed E-state index contributed by atoms with van der Waals surface area (Å²) in [6, 6.07) is 8.69. The number of nitrogens with one attached hydrogen (secondary N) is 1. The molecule has 7 nitrogen and oxygen atoms in total. The Bertz CT molecular complexity index is 853. The number of benzene rings is 1. The molecule has 1 aliphatic heterocycles. The van der Waals surface area contributed by atoms with Crippen LogP contribution in [0.2, 0.25) is 5.02 Å². The van der Waals surface area contributed by atoms with Gasteiger partial charge in [-0.1, -0.05) is 11.6 Å². The molecule has 1 N–H and O–H groups in total. The zero-order chi connectivity index (χ0) is 19.9. The maximum Gasteiger partial charge on any atom is 0.268 e. The number of ether oxygens (including phenoxy) is 1. The van der Waals surface area contributed by atoms with Crippen LogP contribution >= 0.6 is 11.6 Å². The van der Waals surface area contributed by atoms with E-state index >= 15 is 0 Å². The Morgan fingerprint density at radius 1 is 1.36 bits per heavy atom. The molecule has 3 rings (SSSR count). The molecule has 8 heteroatoms. The number of amides is 1. The fourth-order valence-electron chi connectivity index (χ4n) is 3.42. The van der Waals surface area contributed by atoms with Gasteiger partial charge in [0.15, 0.2) is 0 Å². The van der Waals surface area contributed by atoms with Gasteiger partial charge in [0, 0.05) is 43.4 Å². The van der Waals surface area contributed by atoms with Gasteiger partial charge >= 0.3 is 0 Å². The third-order valence-electron chi connectivity index (χ3n) is 4.85. The van der Waals surface area contributed by atoms with Crippen LogP contribution in [0.4, 0.5) is 11.4 Å². The van der Waals surface area contributed by atoms with Crippen molar-refractivity contribution in [3.63, 3.8) is 0 Å². The first kappa shape index (κ1) is 20.4. The minimum Gasteiger partial charge on any atom is -0.383 e. The summed E-state index contributed by atoms with van der Waals surface area (Å²) < 4.78 is 6.39. The smallest absolute Gasteiger partial charge is 0.268 e. The SMILES string of the molecule is COCCn1ncc(N2CCCC(CC(=O)Nc3ccc(Cl)cc3)C2)cc1=O. The van der Waals surface area contributed by atoms with Crippen molar-refractivity contribution in [3.8, 4) is 0 Å². The Kier molecular flexibility index (Phi) is 7.06. The summed E-state index contributed by atoms with van der Waals surface area (Å²) in [5.41, 5.74) is 1.41. The van der Waals surface area contributed by atoms with E-state index in [2.05, 4.69) is 15.3 Å². The van der Waals surface area contributed by atoms with E-state index in [4.69, 9.17) is 16.3 Å². The largest absolute Gasteiger partial charge is 0.383 e. The second-order valence-electron chi connectivity index (χ2n) is 6.98. The average Bonchev–Trinajstić information content (AvgIpc) is 2.69. The molecule has 1 aromatic heterocycles. The molecule has 1 aliphatic rings. The summed E-state index contributed by atoms with van der Waals surface area (Å²) in [4.78, 5) is 26.7. The number of aromatic nitrogens is 2. The van der Waals surface area contributed by atoms with Crippen LogP contribution in [0.25, 0.3) is 0 Å². The number of carbonyl (C=O) groups is 1. The van der Waals surface area contributed by atoms with E-state index in [1.165, 1.54) is 4.68 Å². The molecule has 0 spiro atoms. The number of rotatable bonds is 7. The Labute approximate surface area is 169 Å². The molecule has 1 fully saturated rings. The third kappa shape index (κ3) is 5.56. The summed E-state index contributed by atoms with van der Waals surface area (Å²) in [7, 11) is 1.59. The van der Waals surface area contributed by atoms with Crippen LogP contribution in [-0.2, 0) is 16.1 Å². The highest BCUT2D eigenvalue weighted by Crippen LogP contribution is 2.24. The van der Waals surface area contributed by atoms with Crippen LogP contribution in [0.1, 0.15) is 19.3 Å². The lowest BCUT2D eigenvalue weighted by atomic mass is 9.94. The van der Waals surface area contributed by atoms with Crippen LogP contribution in [0.15, 0.2) is 41.3 Å². The number of methoxy groups -OCH3 is 1. The highest BCUT2D eigenvalue weighted by molar-refractivity contribution is 6.30. The maximum absolute atomic E-state index is 12.4. The van der Waals surface area contributed by atoms with E-state index in [0.717, 1.165) is 37.3 Å². The molecule has 28 heavy (non-hydrogen) atoms. The van der Waals surface area contributed by atoms with E-state index in [0.29, 0.717) is 24.6 Å².